The van der Waals surface area contributed by atoms with Gasteiger partial charge in [-0.25, -0.2) is 9.97 Å². The summed E-state index contributed by atoms with van der Waals surface area (Å²) in [5.41, 5.74) is 1.14. The third-order valence-corrected chi connectivity index (χ3v) is 4.83. The number of hydrogen-bond acceptors (Lipinski definition) is 5. The molecule has 3 aromatic rings. The molecule has 1 fully saturated rings. The number of carbonyl (C=O) groups excluding carboxylic acids is 1. The molecule has 4 rings (SSSR count). The second-order valence-corrected chi connectivity index (χ2v) is 6.79. The zero-order chi connectivity index (χ0) is 20.4. The van der Waals surface area contributed by atoms with Crippen molar-refractivity contribution in [3.63, 3.8) is 0 Å². The number of fused-ring (bicyclic) bond motifs is 1. The normalized spacial score (nSPS) is 15.6. The third-order valence-electron chi connectivity index (χ3n) is 4.83. The highest BCUT2D eigenvalue weighted by atomic mass is 19.4. The minimum atomic E-state index is -4.49. The quantitative estimate of drug-likeness (QED) is 0.721. The molecule has 0 aromatic carbocycles. The molecule has 0 unspecified atom stereocenters. The highest BCUT2D eigenvalue weighted by molar-refractivity contribution is 5.96. The molecule has 1 aliphatic rings. The molecule has 0 atom stereocenters. The minimum Gasteiger partial charge on any atom is -0.381 e. The Balaban J connectivity index is 1.43. The zero-order valence-corrected chi connectivity index (χ0v) is 15.3. The minimum absolute atomic E-state index is 0.0541. The van der Waals surface area contributed by atoms with Crippen LogP contribution in [0.25, 0.3) is 11.2 Å². The fourth-order valence-electron chi connectivity index (χ4n) is 3.25. The number of rotatable bonds is 4. The van der Waals surface area contributed by atoms with Crippen molar-refractivity contribution in [1.82, 2.24) is 24.8 Å². The predicted molar refractivity (Wildman–Crippen MR) is 97.0 cm³/mol. The van der Waals surface area contributed by atoms with Crippen molar-refractivity contribution in [3.8, 4) is 0 Å². The van der Waals surface area contributed by atoms with E-state index in [0.717, 1.165) is 25.1 Å². The molecule has 0 spiro atoms. The maximum absolute atomic E-state index is 12.6. The molecule has 0 radical (unpaired) electrons. The molecule has 7 nitrogen and oxygen atoms in total. The summed E-state index contributed by atoms with van der Waals surface area (Å²) in [6.45, 7) is 1.45. The lowest BCUT2D eigenvalue weighted by Gasteiger charge is -2.23. The van der Waals surface area contributed by atoms with Crippen LogP contribution in [0.2, 0.25) is 0 Å². The first-order valence-electron chi connectivity index (χ1n) is 9.12. The van der Waals surface area contributed by atoms with Gasteiger partial charge in [0.15, 0.2) is 5.65 Å². The van der Waals surface area contributed by atoms with Crippen LogP contribution in [0.5, 0.6) is 0 Å². The predicted octanol–water partition coefficient (Wildman–Crippen LogP) is 3.13. The first kappa shape index (κ1) is 19.3. The summed E-state index contributed by atoms with van der Waals surface area (Å²) in [5.74, 6) is -0.389. The number of carbonyl (C=O) groups is 1. The zero-order valence-electron chi connectivity index (χ0n) is 15.3. The van der Waals surface area contributed by atoms with E-state index in [9.17, 15) is 18.0 Å². The van der Waals surface area contributed by atoms with Crippen molar-refractivity contribution < 1.29 is 22.7 Å². The number of nitrogens with zero attached hydrogens (tertiary/aromatic N) is 4. The highest BCUT2D eigenvalue weighted by Gasteiger charge is 2.32. The van der Waals surface area contributed by atoms with Crippen LogP contribution < -0.4 is 5.32 Å². The summed E-state index contributed by atoms with van der Waals surface area (Å²) in [6.07, 6.45) is 1.58. The molecule has 3 aromatic heterocycles. The van der Waals surface area contributed by atoms with Gasteiger partial charge in [-0.3, -0.25) is 9.78 Å². The second kappa shape index (κ2) is 7.78. The molecule has 1 N–H and O–H groups in total. The Hall–Kier alpha value is -3.01. The summed E-state index contributed by atoms with van der Waals surface area (Å²) in [7, 11) is 0. The summed E-state index contributed by atoms with van der Waals surface area (Å²) in [4.78, 5) is 24.5. The lowest BCUT2D eigenvalue weighted by atomic mass is 10.1. The van der Waals surface area contributed by atoms with E-state index in [1.807, 2.05) is 4.57 Å². The Morgan fingerprint density at radius 1 is 1.17 bits per heavy atom. The van der Waals surface area contributed by atoms with Gasteiger partial charge in [0.1, 0.15) is 11.2 Å². The van der Waals surface area contributed by atoms with E-state index in [0.29, 0.717) is 35.5 Å². The number of hydrogen-bond donors (Lipinski definition) is 1. The van der Waals surface area contributed by atoms with Crippen LogP contribution in [-0.2, 0) is 17.5 Å². The van der Waals surface area contributed by atoms with E-state index in [1.54, 1.807) is 12.4 Å². The van der Waals surface area contributed by atoms with Crippen molar-refractivity contribution in [3.05, 3.63) is 53.7 Å². The molecule has 1 saturated heterocycles. The number of amides is 1. The van der Waals surface area contributed by atoms with Gasteiger partial charge >= 0.3 is 6.18 Å². The topological polar surface area (TPSA) is 81.9 Å². The van der Waals surface area contributed by atoms with Crippen molar-refractivity contribution in [2.24, 2.45) is 0 Å². The Morgan fingerprint density at radius 2 is 1.97 bits per heavy atom. The number of alkyl halides is 3. The fourth-order valence-corrected chi connectivity index (χ4v) is 3.25. The molecule has 0 saturated carbocycles. The van der Waals surface area contributed by atoms with Gasteiger partial charge in [-0.2, -0.15) is 13.2 Å². The molecule has 29 heavy (non-hydrogen) atoms. The maximum atomic E-state index is 12.6. The first-order valence-corrected chi connectivity index (χ1v) is 9.12. The lowest BCUT2D eigenvalue weighted by Crippen LogP contribution is -2.23. The van der Waals surface area contributed by atoms with E-state index >= 15 is 0 Å². The Labute approximate surface area is 163 Å². The molecule has 4 heterocycles. The summed E-state index contributed by atoms with van der Waals surface area (Å²) < 4.78 is 45.0. The SMILES string of the molecule is O=C(NCc1ccc(C(F)(F)F)nc1)c1cnc2c(c1)ncn2C1CCOCC1. The van der Waals surface area contributed by atoms with Crippen LogP contribution in [0, 0.1) is 0 Å². The largest absolute Gasteiger partial charge is 0.433 e. The van der Waals surface area contributed by atoms with Crippen molar-refractivity contribution in [1.29, 1.82) is 0 Å². The third kappa shape index (κ3) is 4.21. The molecule has 0 bridgehead atoms. The number of imidazole rings is 1. The van der Waals surface area contributed by atoms with Crippen molar-refractivity contribution in [2.45, 2.75) is 31.6 Å². The van der Waals surface area contributed by atoms with Gasteiger partial charge in [0.2, 0.25) is 0 Å². The van der Waals surface area contributed by atoms with Gasteiger partial charge in [0.05, 0.1) is 11.9 Å². The van der Waals surface area contributed by atoms with Gasteiger partial charge in [-0.05, 0) is 30.5 Å². The molecule has 152 valence electrons. The number of nitrogens with one attached hydrogen (secondary N) is 1. The molecular weight excluding hydrogens is 387 g/mol. The van der Waals surface area contributed by atoms with Crippen molar-refractivity contribution >= 4 is 17.1 Å². The average Bonchev–Trinajstić information content (AvgIpc) is 3.15. The molecular formula is C19H18F3N5O2. The van der Waals surface area contributed by atoms with Crippen LogP contribution >= 0.6 is 0 Å². The summed E-state index contributed by atoms with van der Waals surface area (Å²) >= 11 is 0. The molecule has 0 aliphatic carbocycles. The second-order valence-electron chi connectivity index (χ2n) is 6.79. The van der Waals surface area contributed by atoms with Crippen LogP contribution in [0.15, 0.2) is 36.9 Å². The number of ether oxygens (including phenoxy) is 1. The fraction of sp³-hybridized carbons (Fsp3) is 0.368. The molecule has 1 amide bonds. The molecule has 10 heteroatoms. The van der Waals surface area contributed by atoms with Gasteiger partial charge < -0.3 is 14.6 Å². The van der Waals surface area contributed by atoms with E-state index in [4.69, 9.17) is 4.74 Å². The van der Waals surface area contributed by atoms with Gasteiger partial charge in [0.25, 0.3) is 5.91 Å². The van der Waals surface area contributed by atoms with Gasteiger partial charge in [-0.1, -0.05) is 6.07 Å². The van der Waals surface area contributed by atoms with Gasteiger partial charge in [-0.15, -0.1) is 0 Å². The lowest BCUT2D eigenvalue weighted by molar-refractivity contribution is -0.141. The number of pyridine rings is 2. The number of aromatic nitrogens is 4. The Bertz CT molecular complexity index is 1010. The Morgan fingerprint density at radius 3 is 2.66 bits per heavy atom. The van der Waals surface area contributed by atoms with E-state index in [2.05, 4.69) is 20.3 Å². The van der Waals surface area contributed by atoms with E-state index in [-0.39, 0.29) is 18.5 Å². The standard InChI is InChI=1S/C19H18F3N5O2/c20-19(21,22)16-2-1-12(8-23-16)9-25-18(28)13-7-15-17(24-10-13)27(11-26-15)14-3-5-29-6-4-14/h1-2,7-8,10-11,14H,3-6,9H2,(H,25,28). The average molecular weight is 405 g/mol. The van der Waals surface area contributed by atoms with Crippen molar-refractivity contribution in [2.75, 3.05) is 13.2 Å². The highest BCUT2D eigenvalue weighted by Crippen LogP contribution is 2.27. The van der Waals surface area contributed by atoms with Crippen LogP contribution in [-0.4, -0.2) is 38.6 Å². The smallest absolute Gasteiger partial charge is 0.381 e. The van der Waals surface area contributed by atoms with Crippen LogP contribution in [0.1, 0.15) is 40.5 Å². The van der Waals surface area contributed by atoms with E-state index < -0.39 is 11.9 Å². The molecule has 1 aliphatic heterocycles. The van der Waals surface area contributed by atoms with E-state index in [1.165, 1.54) is 12.3 Å². The maximum Gasteiger partial charge on any atom is 0.433 e. The monoisotopic (exact) mass is 405 g/mol. The van der Waals surface area contributed by atoms with Crippen LogP contribution in [0.3, 0.4) is 0 Å². The summed E-state index contributed by atoms with van der Waals surface area (Å²) in [6, 6.07) is 4.09. The van der Waals surface area contributed by atoms with Crippen LogP contribution in [0.4, 0.5) is 13.2 Å². The summed E-state index contributed by atoms with van der Waals surface area (Å²) in [5, 5.41) is 2.66. The number of halogens is 3. The van der Waals surface area contributed by atoms with Gasteiger partial charge in [0, 0.05) is 38.2 Å². The first-order chi connectivity index (χ1) is 13.9. The Kier molecular flexibility index (Phi) is 5.18.